The lowest BCUT2D eigenvalue weighted by molar-refractivity contribution is 0.297. The fourth-order valence-corrected chi connectivity index (χ4v) is 2.57. The van der Waals surface area contributed by atoms with E-state index in [1.807, 2.05) is 24.3 Å². The van der Waals surface area contributed by atoms with Gasteiger partial charge in [0.15, 0.2) is 17.5 Å². The standard InChI is InChI=1S/C19H23N3O4/c1-23-14-5-7-16(24-2)15(11-14)22-19(20)21-12-13-4-6-17-18(10-13)26-9-3-8-25-17/h4-7,10-11H,3,8-9,12H2,1-2H3,(H3,20,21,22). The molecule has 26 heavy (non-hydrogen) atoms. The van der Waals surface area contributed by atoms with Gasteiger partial charge in [0.1, 0.15) is 11.5 Å². The monoisotopic (exact) mass is 357 g/mol. The third kappa shape index (κ3) is 4.30. The number of benzene rings is 2. The molecular formula is C19H23N3O4. The van der Waals surface area contributed by atoms with Crippen LogP contribution in [0, 0.1) is 0 Å². The highest BCUT2D eigenvalue weighted by molar-refractivity contribution is 5.94. The van der Waals surface area contributed by atoms with Crippen LogP contribution in [-0.2, 0) is 6.54 Å². The maximum atomic E-state index is 6.02. The topological polar surface area (TPSA) is 87.3 Å². The number of nitrogens with two attached hydrogens (primary N) is 1. The lowest BCUT2D eigenvalue weighted by Gasteiger charge is -2.12. The summed E-state index contributed by atoms with van der Waals surface area (Å²) < 4.78 is 21.9. The van der Waals surface area contributed by atoms with Crippen molar-refractivity contribution in [3.05, 3.63) is 42.0 Å². The van der Waals surface area contributed by atoms with Crippen molar-refractivity contribution < 1.29 is 18.9 Å². The van der Waals surface area contributed by atoms with Gasteiger partial charge in [-0.2, -0.15) is 0 Å². The van der Waals surface area contributed by atoms with Gasteiger partial charge in [0.25, 0.3) is 0 Å². The number of nitrogens with zero attached hydrogens (tertiary/aromatic N) is 1. The normalized spacial score (nSPS) is 13.7. The zero-order valence-corrected chi connectivity index (χ0v) is 15.0. The number of nitrogens with one attached hydrogen (secondary N) is 1. The Hall–Kier alpha value is -3.09. The Morgan fingerprint density at radius 1 is 1.08 bits per heavy atom. The first kappa shape index (κ1) is 17.7. The van der Waals surface area contributed by atoms with E-state index in [4.69, 9.17) is 24.7 Å². The number of methoxy groups -OCH3 is 2. The molecule has 2 aromatic rings. The van der Waals surface area contributed by atoms with Crippen molar-refractivity contribution in [2.24, 2.45) is 10.7 Å². The predicted molar refractivity (Wildman–Crippen MR) is 101 cm³/mol. The van der Waals surface area contributed by atoms with Crippen LogP contribution in [-0.4, -0.2) is 33.4 Å². The SMILES string of the molecule is COc1ccc(OC)c(NC(N)=NCc2ccc3c(c2)OCCCO3)c1. The third-order valence-electron chi connectivity index (χ3n) is 3.91. The quantitative estimate of drug-likeness (QED) is 0.632. The summed E-state index contributed by atoms with van der Waals surface area (Å²) in [5.41, 5.74) is 7.69. The number of rotatable bonds is 5. The summed E-state index contributed by atoms with van der Waals surface area (Å²) in [5, 5.41) is 3.05. The van der Waals surface area contributed by atoms with Crippen LogP contribution in [0.5, 0.6) is 23.0 Å². The number of hydrogen-bond donors (Lipinski definition) is 2. The Morgan fingerprint density at radius 2 is 1.88 bits per heavy atom. The minimum absolute atomic E-state index is 0.281. The molecule has 0 saturated heterocycles. The molecule has 0 aliphatic carbocycles. The molecule has 138 valence electrons. The maximum absolute atomic E-state index is 6.02. The fraction of sp³-hybridized carbons (Fsp3) is 0.316. The second kappa shape index (κ2) is 8.33. The molecule has 1 heterocycles. The summed E-state index contributed by atoms with van der Waals surface area (Å²) >= 11 is 0. The van der Waals surface area contributed by atoms with Crippen LogP contribution in [0.25, 0.3) is 0 Å². The first-order valence-corrected chi connectivity index (χ1v) is 8.37. The van der Waals surface area contributed by atoms with Gasteiger partial charge in [-0.15, -0.1) is 0 Å². The van der Waals surface area contributed by atoms with Gasteiger partial charge < -0.3 is 30.0 Å². The van der Waals surface area contributed by atoms with Crippen molar-refractivity contribution in [2.45, 2.75) is 13.0 Å². The summed E-state index contributed by atoms with van der Waals surface area (Å²) in [7, 11) is 3.20. The van der Waals surface area contributed by atoms with Gasteiger partial charge in [-0.25, -0.2) is 4.99 Å². The molecule has 0 amide bonds. The van der Waals surface area contributed by atoms with E-state index in [9.17, 15) is 0 Å². The summed E-state index contributed by atoms with van der Waals surface area (Å²) in [4.78, 5) is 4.38. The summed E-state index contributed by atoms with van der Waals surface area (Å²) in [6.07, 6.45) is 0.876. The molecule has 2 aromatic carbocycles. The molecule has 0 unspecified atom stereocenters. The molecule has 0 spiro atoms. The second-order valence-electron chi connectivity index (χ2n) is 5.72. The molecule has 1 aliphatic rings. The Labute approximate surface area is 152 Å². The maximum Gasteiger partial charge on any atom is 0.193 e. The van der Waals surface area contributed by atoms with E-state index in [0.717, 1.165) is 23.5 Å². The van der Waals surface area contributed by atoms with Crippen molar-refractivity contribution in [1.29, 1.82) is 0 Å². The van der Waals surface area contributed by atoms with Gasteiger partial charge in [0, 0.05) is 12.5 Å². The number of ether oxygens (including phenoxy) is 4. The average molecular weight is 357 g/mol. The largest absolute Gasteiger partial charge is 0.497 e. The number of aliphatic imine (C=N–C) groups is 1. The second-order valence-corrected chi connectivity index (χ2v) is 5.72. The van der Waals surface area contributed by atoms with E-state index < -0.39 is 0 Å². The van der Waals surface area contributed by atoms with Gasteiger partial charge in [-0.05, 0) is 29.8 Å². The molecule has 7 heteroatoms. The van der Waals surface area contributed by atoms with Crippen LogP contribution in [0.3, 0.4) is 0 Å². The lowest BCUT2D eigenvalue weighted by Crippen LogP contribution is -2.23. The van der Waals surface area contributed by atoms with E-state index in [1.165, 1.54) is 0 Å². The van der Waals surface area contributed by atoms with Crippen molar-refractivity contribution in [1.82, 2.24) is 0 Å². The first-order chi connectivity index (χ1) is 12.7. The van der Waals surface area contributed by atoms with Crippen molar-refractivity contribution in [3.8, 4) is 23.0 Å². The Kier molecular flexibility index (Phi) is 5.68. The molecule has 7 nitrogen and oxygen atoms in total. The van der Waals surface area contributed by atoms with Gasteiger partial charge in [0.05, 0.1) is 39.7 Å². The minimum atomic E-state index is 0.281. The van der Waals surface area contributed by atoms with Crippen molar-refractivity contribution in [3.63, 3.8) is 0 Å². The third-order valence-corrected chi connectivity index (χ3v) is 3.91. The van der Waals surface area contributed by atoms with Crippen LogP contribution in [0.2, 0.25) is 0 Å². The zero-order valence-electron chi connectivity index (χ0n) is 15.0. The van der Waals surface area contributed by atoms with Crippen LogP contribution < -0.4 is 30.0 Å². The number of anilines is 1. The summed E-state index contributed by atoms with van der Waals surface area (Å²) in [6, 6.07) is 11.2. The van der Waals surface area contributed by atoms with E-state index in [2.05, 4.69) is 10.3 Å². The highest BCUT2D eigenvalue weighted by Gasteiger charge is 2.11. The van der Waals surface area contributed by atoms with E-state index in [0.29, 0.717) is 36.9 Å². The molecule has 0 fully saturated rings. The molecule has 3 rings (SSSR count). The van der Waals surface area contributed by atoms with Gasteiger partial charge in [-0.3, -0.25) is 0 Å². The number of hydrogen-bond acceptors (Lipinski definition) is 5. The molecule has 0 bridgehead atoms. The van der Waals surface area contributed by atoms with Gasteiger partial charge in [-0.1, -0.05) is 6.07 Å². The summed E-state index contributed by atoms with van der Waals surface area (Å²) in [6.45, 7) is 1.74. The van der Waals surface area contributed by atoms with Crippen LogP contribution in [0.15, 0.2) is 41.4 Å². The van der Waals surface area contributed by atoms with E-state index in [1.54, 1.807) is 26.4 Å². The molecule has 0 radical (unpaired) electrons. The Bertz CT molecular complexity index is 792. The van der Waals surface area contributed by atoms with Crippen molar-refractivity contribution >= 4 is 11.6 Å². The zero-order chi connectivity index (χ0) is 18.4. The molecule has 0 saturated carbocycles. The average Bonchev–Trinajstić information content (AvgIpc) is 2.91. The molecule has 1 aliphatic heterocycles. The molecule has 3 N–H and O–H groups in total. The molecule has 0 aromatic heterocycles. The lowest BCUT2D eigenvalue weighted by atomic mass is 10.2. The number of guanidine groups is 1. The van der Waals surface area contributed by atoms with Crippen LogP contribution in [0.1, 0.15) is 12.0 Å². The molecular weight excluding hydrogens is 334 g/mol. The Balaban J connectivity index is 1.70. The fourth-order valence-electron chi connectivity index (χ4n) is 2.57. The molecule has 0 atom stereocenters. The smallest absolute Gasteiger partial charge is 0.193 e. The van der Waals surface area contributed by atoms with Crippen molar-refractivity contribution in [2.75, 3.05) is 32.8 Å². The Morgan fingerprint density at radius 3 is 2.65 bits per heavy atom. The first-order valence-electron chi connectivity index (χ1n) is 8.37. The highest BCUT2D eigenvalue weighted by atomic mass is 16.5. The van der Waals surface area contributed by atoms with E-state index in [-0.39, 0.29) is 5.96 Å². The highest BCUT2D eigenvalue weighted by Crippen LogP contribution is 2.31. The summed E-state index contributed by atoms with van der Waals surface area (Å²) in [5.74, 6) is 3.14. The van der Waals surface area contributed by atoms with Crippen LogP contribution in [0.4, 0.5) is 5.69 Å². The van der Waals surface area contributed by atoms with Gasteiger partial charge >= 0.3 is 0 Å². The minimum Gasteiger partial charge on any atom is -0.497 e. The van der Waals surface area contributed by atoms with Gasteiger partial charge in [0.2, 0.25) is 0 Å². The van der Waals surface area contributed by atoms with E-state index >= 15 is 0 Å². The van der Waals surface area contributed by atoms with Crippen LogP contribution >= 0.6 is 0 Å². The number of fused-ring (bicyclic) bond motifs is 1. The predicted octanol–water partition coefficient (Wildman–Crippen LogP) is 2.79.